The number of fused-ring (bicyclic) bond motifs is 4. The lowest BCUT2D eigenvalue weighted by Gasteiger charge is -2.09. The molecule has 4 heteroatoms. The quantitative estimate of drug-likeness (QED) is 0.298. The minimum atomic E-state index is 0.653. The van der Waals surface area contributed by atoms with Gasteiger partial charge in [0, 0.05) is 26.9 Å². The van der Waals surface area contributed by atoms with Crippen LogP contribution in [0, 0.1) is 0 Å². The zero-order chi connectivity index (χ0) is 20.1. The highest BCUT2D eigenvalue weighted by molar-refractivity contribution is 6.36. The van der Waals surface area contributed by atoms with Crippen molar-refractivity contribution < 1.29 is 4.42 Å². The van der Waals surface area contributed by atoms with E-state index in [4.69, 9.17) is 26.0 Å². The van der Waals surface area contributed by atoms with Gasteiger partial charge in [-0.1, -0.05) is 78.3 Å². The molecule has 0 bridgehead atoms. The van der Waals surface area contributed by atoms with E-state index in [0.29, 0.717) is 16.4 Å². The molecule has 0 aliphatic heterocycles. The molecule has 0 aliphatic rings. The number of nitrogens with zero attached hydrogens (tertiary/aromatic N) is 2. The monoisotopic (exact) mass is 406 g/mol. The molecule has 30 heavy (non-hydrogen) atoms. The molecular formula is C26H15ClN2O. The molecule has 0 fully saturated rings. The first kappa shape index (κ1) is 17.2. The summed E-state index contributed by atoms with van der Waals surface area (Å²) in [6, 6.07) is 30.0. The summed E-state index contributed by atoms with van der Waals surface area (Å²) in [5.41, 5.74) is 5.03. The standard InChI is InChI=1S/C26H15ClN2O/c27-21-15-14-19(17-10-4-5-11-18(17)21)26-28-23(16-8-2-1-3-9-16)25-24(29-26)20-12-6-7-13-22(20)30-25/h1-15H. The van der Waals surface area contributed by atoms with E-state index in [1.807, 2.05) is 84.9 Å². The molecule has 6 rings (SSSR count). The van der Waals surface area contributed by atoms with E-state index in [0.717, 1.165) is 44.1 Å². The van der Waals surface area contributed by atoms with Crippen molar-refractivity contribution in [1.82, 2.24) is 9.97 Å². The Morgan fingerprint density at radius 3 is 2.17 bits per heavy atom. The molecule has 2 aromatic heterocycles. The zero-order valence-electron chi connectivity index (χ0n) is 15.8. The summed E-state index contributed by atoms with van der Waals surface area (Å²) in [6.07, 6.45) is 0. The SMILES string of the molecule is Clc1ccc(-c2nc(-c3ccccc3)c3oc4ccccc4c3n2)c2ccccc12. The molecule has 142 valence electrons. The summed E-state index contributed by atoms with van der Waals surface area (Å²) in [7, 11) is 0. The second-order valence-corrected chi connectivity index (χ2v) is 7.59. The third-order valence-corrected chi connectivity index (χ3v) is 5.71. The Hall–Kier alpha value is -3.69. The van der Waals surface area contributed by atoms with Crippen LogP contribution in [0.5, 0.6) is 0 Å². The molecule has 3 nitrogen and oxygen atoms in total. The predicted octanol–water partition coefficient (Wildman–Crippen LogP) is 7.52. The molecule has 2 heterocycles. The van der Waals surface area contributed by atoms with E-state index in [1.54, 1.807) is 0 Å². The second kappa shape index (κ2) is 6.68. The molecule has 0 radical (unpaired) electrons. The highest BCUT2D eigenvalue weighted by atomic mass is 35.5. The maximum absolute atomic E-state index is 6.44. The van der Waals surface area contributed by atoms with E-state index in [1.165, 1.54) is 0 Å². The lowest BCUT2D eigenvalue weighted by molar-refractivity contribution is 0.667. The van der Waals surface area contributed by atoms with Gasteiger partial charge >= 0.3 is 0 Å². The molecule has 0 N–H and O–H groups in total. The lowest BCUT2D eigenvalue weighted by Crippen LogP contribution is -1.94. The van der Waals surface area contributed by atoms with Crippen LogP contribution < -0.4 is 0 Å². The molecule has 0 aliphatic carbocycles. The molecule has 0 spiro atoms. The van der Waals surface area contributed by atoms with Gasteiger partial charge in [-0.15, -0.1) is 0 Å². The van der Waals surface area contributed by atoms with Crippen molar-refractivity contribution in [2.45, 2.75) is 0 Å². The number of furan rings is 1. The normalized spacial score (nSPS) is 11.5. The topological polar surface area (TPSA) is 38.9 Å². The Labute approximate surface area is 177 Å². The van der Waals surface area contributed by atoms with E-state index in [-0.39, 0.29) is 0 Å². The van der Waals surface area contributed by atoms with Crippen LogP contribution in [0.25, 0.3) is 55.5 Å². The van der Waals surface area contributed by atoms with Crippen LogP contribution in [0.4, 0.5) is 0 Å². The summed E-state index contributed by atoms with van der Waals surface area (Å²) < 4.78 is 6.19. The van der Waals surface area contributed by atoms with Crippen LogP contribution in [0.3, 0.4) is 0 Å². The maximum Gasteiger partial charge on any atom is 0.180 e. The van der Waals surface area contributed by atoms with Crippen molar-refractivity contribution in [3.63, 3.8) is 0 Å². The minimum absolute atomic E-state index is 0.653. The number of rotatable bonds is 2. The van der Waals surface area contributed by atoms with Gasteiger partial charge in [-0.05, 0) is 29.7 Å². The Balaban J connectivity index is 1.74. The van der Waals surface area contributed by atoms with Gasteiger partial charge in [-0.25, -0.2) is 9.97 Å². The van der Waals surface area contributed by atoms with Gasteiger partial charge in [-0.3, -0.25) is 0 Å². The van der Waals surface area contributed by atoms with Gasteiger partial charge in [0.05, 0.1) is 0 Å². The zero-order valence-corrected chi connectivity index (χ0v) is 16.6. The Kier molecular flexibility index (Phi) is 3.83. The van der Waals surface area contributed by atoms with Crippen LogP contribution >= 0.6 is 11.6 Å². The Morgan fingerprint density at radius 2 is 1.33 bits per heavy atom. The van der Waals surface area contributed by atoms with Crippen molar-refractivity contribution >= 4 is 44.4 Å². The molecule has 0 amide bonds. The maximum atomic E-state index is 6.44. The highest BCUT2D eigenvalue weighted by Crippen LogP contribution is 2.37. The third kappa shape index (κ3) is 2.60. The van der Waals surface area contributed by atoms with Gasteiger partial charge < -0.3 is 4.42 Å². The van der Waals surface area contributed by atoms with Crippen molar-refractivity contribution in [3.05, 3.63) is 96.0 Å². The Morgan fingerprint density at radius 1 is 0.633 bits per heavy atom. The number of hydrogen-bond donors (Lipinski definition) is 0. The van der Waals surface area contributed by atoms with Gasteiger partial charge in [-0.2, -0.15) is 0 Å². The summed E-state index contributed by atoms with van der Waals surface area (Å²) in [4.78, 5) is 9.92. The molecule has 4 aromatic carbocycles. The first-order valence-electron chi connectivity index (χ1n) is 9.72. The fourth-order valence-corrected chi connectivity index (χ4v) is 4.19. The van der Waals surface area contributed by atoms with Gasteiger partial charge in [0.1, 0.15) is 16.8 Å². The van der Waals surface area contributed by atoms with Crippen LogP contribution in [-0.2, 0) is 0 Å². The summed E-state index contributed by atoms with van der Waals surface area (Å²) >= 11 is 6.44. The van der Waals surface area contributed by atoms with E-state index in [9.17, 15) is 0 Å². The number of benzene rings is 4. The summed E-state index contributed by atoms with van der Waals surface area (Å²) in [5, 5.41) is 3.70. The highest BCUT2D eigenvalue weighted by Gasteiger charge is 2.19. The minimum Gasteiger partial charge on any atom is -0.452 e. The number of para-hydroxylation sites is 1. The predicted molar refractivity (Wildman–Crippen MR) is 123 cm³/mol. The Bertz CT molecular complexity index is 1550. The smallest absolute Gasteiger partial charge is 0.180 e. The molecular weight excluding hydrogens is 392 g/mol. The first-order valence-corrected chi connectivity index (χ1v) is 10.1. The largest absolute Gasteiger partial charge is 0.452 e. The van der Waals surface area contributed by atoms with Crippen molar-refractivity contribution in [1.29, 1.82) is 0 Å². The second-order valence-electron chi connectivity index (χ2n) is 7.18. The van der Waals surface area contributed by atoms with Crippen LogP contribution in [-0.4, -0.2) is 9.97 Å². The number of halogens is 1. The third-order valence-electron chi connectivity index (χ3n) is 5.38. The molecule has 0 saturated heterocycles. The number of aromatic nitrogens is 2. The molecule has 6 aromatic rings. The molecule has 0 saturated carbocycles. The van der Waals surface area contributed by atoms with Crippen molar-refractivity contribution in [3.8, 4) is 22.6 Å². The average molecular weight is 407 g/mol. The molecule has 0 atom stereocenters. The van der Waals surface area contributed by atoms with Crippen molar-refractivity contribution in [2.24, 2.45) is 0 Å². The number of hydrogen-bond acceptors (Lipinski definition) is 3. The summed E-state index contributed by atoms with van der Waals surface area (Å²) in [6.45, 7) is 0. The van der Waals surface area contributed by atoms with Crippen LogP contribution in [0.2, 0.25) is 5.02 Å². The summed E-state index contributed by atoms with van der Waals surface area (Å²) in [5.74, 6) is 0.653. The first-order chi connectivity index (χ1) is 14.8. The van der Waals surface area contributed by atoms with E-state index < -0.39 is 0 Å². The van der Waals surface area contributed by atoms with Gasteiger partial charge in [0.25, 0.3) is 0 Å². The van der Waals surface area contributed by atoms with Crippen LogP contribution in [0.1, 0.15) is 0 Å². The molecule has 0 unspecified atom stereocenters. The van der Waals surface area contributed by atoms with Gasteiger partial charge in [0.15, 0.2) is 11.4 Å². The lowest BCUT2D eigenvalue weighted by atomic mass is 10.0. The van der Waals surface area contributed by atoms with Crippen molar-refractivity contribution in [2.75, 3.05) is 0 Å². The fourth-order valence-electron chi connectivity index (χ4n) is 3.96. The van der Waals surface area contributed by atoms with E-state index >= 15 is 0 Å². The van der Waals surface area contributed by atoms with Gasteiger partial charge in [0.2, 0.25) is 0 Å². The van der Waals surface area contributed by atoms with Crippen LogP contribution in [0.15, 0.2) is 95.4 Å². The van der Waals surface area contributed by atoms with E-state index in [2.05, 4.69) is 6.07 Å². The fraction of sp³-hybridized carbons (Fsp3) is 0. The average Bonchev–Trinajstić information content (AvgIpc) is 3.18.